The number of benzene rings is 1. The molecule has 0 saturated heterocycles. The summed E-state index contributed by atoms with van der Waals surface area (Å²) in [7, 11) is 0. The molecule has 6 heteroatoms. The van der Waals surface area contributed by atoms with E-state index in [-0.39, 0.29) is 30.4 Å². The Bertz CT molecular complexity index is 598. The largest absolute Gasteiger partial charge is 0.484 e. The van der Waals surface area contributed by atoms with Crippen molar-refractivity contribution in [2.45, 2.75) is 50.6 Å². The topological polar surface area (TPSA) is 93.5 Å². The lowest BCUT2D eigenvalue weighted by Crippen LogP contribution is -2.31. The summed E-state index contributed by atoms with van der Waals surface area (Å²) in [6, 6.07) is 8.18. The summed E-state index contributed by atoms with van der Waals surface area (Å²) in [6.07, 6.45) is 5.56. The summed E-state index contributed by atoms with van der Waals surface area (Å²) in [5, 5.41) is 5.88. The number of hydrogen-bond donors (Lipinski definition) is 3. The Balaban J connectivity index is 1.34. The van der Waals surface area contributed by atoms with Gasteiger partial charge in [-0.3, -0.25) is 9.59 Å². The van der Waals surface area contributed by atoms with E-state index in [0.717, 1.165) is 44.1 Å². The average molecular weight is 345 g/mol. The third kappa shape index (κ3) is 5.74. The van der Waals surface area contributed by atoms with Gasteiger partial charge >= 0.3 is 0 Å². The highest BCUT2D eigenvalue weighted by Crippen LogP contribution is 2.24. The molecule has 136 valence electrons. The smallest absolute Gasteiger partial charge is 0.258 e. The van der Waals surface area contributed by atoms with Gasteiger partial charge in [-0.2, -0.15) is 0 Å². The number of nitrogens with one attached hydrogen (secondary N) is 2. The quantitative estimate of drug-likeness (QED) is 0.658. The fourth-order valence-electron chi connectivity index (χ4n) is 3.13. The van der Waals surface area contributed by atoms with Crippen LogP contribution in [-0.4, -0.2) is 37.0 Å². The monoisotopic (exact) mass is 345 g/mol. The number of carbonyl (C=O) groups is 2. The number of amides is 2. The lowest BCUT2D eigenvalue weighted by atomic mass is 10.1. The minimum atomic E-state index is -0.0686. The molecule has 4 N–H and O–H groups in total. The minimum absolute atomic E-state index is 0.0510. The van der Waals surface area contributed by atoms with E-state index in [2.05, 4.69) is 10.6 Å². The van der Waals surface area contributed by atoms with Crippen molar-refractivity contribution in [1.82, 2.24) is 10.6 Å². The van der Waals surface area contributed by atoms with E-state index < -0.39 is 0 Å². The van der Waals surface area contributed by atoms with Gasteiger partial charge < -0.3 is 21.1 Å². The molecule has 2 fully saturated rings. The van der Waals surface area contributed by atoms with Gasteiger partial charge in [-0.1, -0.05) is 12.1 Å². The van der Waals surface area contributed by atoms with E-state index in [4.69, 9.17) is 10.5 Å². The van der Waals surface area contributed by atoms with E-state index in [0.29, 0.717) is 18.3 Å². The zero-order valence-electron chi connectivity index (χ0n) is 14.5. The molecule has 2 saturated carbocycles. The Morgan fingerprint density at radius 3 is 2.52 bits per heavy atom. The second-order valence-corrected chi connectivity index (χ2v) is 7.09. The van der Waals surface area contributed by atoms with E-state index in [1.807, 2.05) is 24.3 Å². The zero-order valence-corrected chi connectivity index (χ0v) is 14.5. The molecule has 1 aromatic carbocycles. The van der Waals surface area contributed by atoms with E-state index in [1.165, 1.54) is 0 Å². The lowest BCUT2D eigenvalue weighted by Gasteiger charge is -2.11. The summed E-state index contributed by atoms with van der Waals surface area (Å²) in [4.78, 5) is 23.6. The van der Waals surface area contributed by atoms with Crippen LogP contribution in [0.15, 0.2) is 24.3 Å². The molecule has 25 heavy (non-hydrogen) atoms. The third-order valence-corrected chi connectivity index (χ3v) is 4.79. The Labute approximate surface area is 148 Å². The predicted molar refractivity (Wildman–Crippen MR) is 95.1 cm³/mol. The Morgan fingerprint density at radius 1 is 1.12 bits per heavy atom. The molecule has 0 radical (unpaired) electrons. The second-order valence-electron chi connectivity index (χ2n) is 7.09. The van der Waals surface area contributed by atoms with Gasteiger partial charge in [0.05, 0.1) is 0 Å². The molecule has 0 aliphatic heterocycles. The van der Waals surface area contributed by atoms with Crippen LogP contribution in [0.2, 0.25) is 0 Å². The van der Waals surface area contributed by atoms with Crippen molar-refractivity contribution < 1.29 is 14.3 Å². The van der Waals surface area contributed by atoms with Gasteiger partial charge in [-0.05, 0) is 56.2 Å². The van der Waals surface area contributed by atoms with Gasteiger partial charge in [0, 0.05) is 24.5 Å². The third-order valence-electron chi connectivity index (χ3n) is 4.79. The van der Waals surface area contributed by atoms with Crippen LogP contribution in [0, 0.1) is 5.92 Å². The Kier molecular flexibility index (Phi) is 5.91. The number of ether oxygens (including phenoxy) is 1. The first-order chi connectivity index (χ1) is 12.1. The summed E-state index contributed by atoms with van der Waals surface area (Å²) >= 11 is 0. The molecular formula is C19H27N3O3. The standard InChI is InChI=1S/C19H27N3O3/c20-15-4-3-14(11-15)19(24)21-10-9-13-1-7-17(8-2-13)25-12-18(23)22-16-5-6-16/h1-2,7-8,14-16H,3-6,9-12,20H2,(H,21,24)(H,22,23). The summed E-state index contributed by atoms with van der Waals surface area (Å²) < 4.78 is 5.48. The maximum Gasteiger partial charge on any atom is 0.258 e. The van der Waals surface area contributed by atoms with Crippen molar-refractivity contribution in [1.29, 1.82) is 0 Å². The van der Waals surface area contributed by atoms with Crippen molar-refractivity contribution >= 4 is 11.8 Å². The normalized spacial score (nSPS) is 22.4. The second kappa shape index (κ2) is 8.34. The van der Waals surface area contributed by atoms with Gasteiger partial charge in [0.2, 0.25) is 5.91 Å². The minimum Gasteiger partial charge on any atom is -0.484 e. The molecule has 6 nitrogen and oxygen atoms in total. The maximum absolute atomic E-state index is 12.0. The molecule has 0 aromatic heterocycles. The lowest BCUT2D eigenvalue weighted by molar-refractivity contribution is -0.125. The van der Waals surface area contributed by atoms with Crippen LogP contribution in [0.5, 0.6) is 5.75 Å². The predicted octanol–water partition coefficient (Wildman–Crippen LogP) is 1.13. The molecule has 2 aliphatic rings. The average Bonchev–Trinajstić information content (AvgIpc) is 3.31. The van der Waals surface area contributed by atoms with Gasteiger partial charge in [0.15, 0.2) is 6.61 Å². The molecule has 2 unspecified atom stereocenters. The number of rotatable bonds is 8. The van der Waals surface area contributed by atoms with Crippen LogP contribution in [-0.2, 0) is 16.0 Å². The van der Waals surface area contributed by atoms with Gasteiger partial charge in [-0.25, -0.2) is 0 Å². The van der Waals surface area contributed by atoms with Gasteiger partial charge in [-0.15, -0.1) is 0 Å². The van der Waals surface area contributed by atoms with Crippen molar-refractivity contribution in [3.8, 4) is 5.75 Å². The summed E-state index contributed by atoms with van der Waals surface area (Å²) in [6.45, 7) is 0.671. The number of carbonyl (C=O) groups excluding carboxylic acids is 2. The van der Waals surface area contributed by atoms with E-state index in [9.17, 15) is 9.59 Å². The highest BCUT2D eigenvalue weighted by atomic mass is 16.5. The van der Waals surface area contributed by atoms with Crippen molar-refractivity contribution in [3.05, 3.63) is 29.8 Å². The van der Waals surface area contributed by atoms with Crippen LogP contribution < -0.4 is 21.1 Å². The summed E-state index contributed by atoms with van der Waals surface area (Å²) in [5.74, 6) is 0.807. The summed E-state index contributed by atoms with van der Waals surface area (Å²) in [5.41, 5.74) is 6.97. The fourth-order valence-corrected chi connectivity index (χ4v) is 3.13. The number of nitrogens with two attached hydrogens (primary N) is 1. The first-order valence-electron chi connectivity index (χ1n) is 9.14. The highest BCUT2D eigenvalue weighted by Gasteiger charge is 2.27. The molecule has 2 amide bonds. The van der Waals surface area contributed by atoms with Gasteiger partial charge in [0.1, 0.15) is 5.75 Å². The molecule has 0 heterocycles. The van der Waals surface area contributed by atoms with Crippen molar-refractivity contribution in [2.24, 2.45) is 11.7 Å². The van der Waals surface area contributed by atoms with Crippen molar-refractivity contribution in [2.75, 3.05) is 13.2 Å². The molecule has 0 spiro atoms. The molecule has 0 bridgehead atoms. The number of hydrogen-bond acceptors (Lipinski definition) is 4. The fraction of sp³-hybridized carbons (Fsp3) is 0.579. The maximum atomic E-state index is 12.0. The SMILES string of the molecule is NC1CCC(C(=O)NCCc2ccc(OCC(=O)NC3CC3)cc2)C1. The van der Waals surface area contributed by atoms with Crippen LogP contribution in [0.1, 0.15) is 37.7 Å². The highest BCUT2D eigenvalue weighted by molar-refractivity contribution is 5.79. The Morgan fingerprint density at radius 2 is 1.88 bits per heavy atom. The molecule has 2 aliphatic carbocycles. The molecular weight excluding hydrogens is 318 g/mol. The Hall–Kier alpha value is -2.08. The van der Waals surface area contributed by atoms with Crippen LogP contribution in [0.4, 0.5) is 0 Å². The molecule has 1 aromatic rings. The van der Waals surface area contributed by atoms with Crippen LogP contribution in [0.3, 0.4) is 0 Å². The van der Waals surface area contributed by atoms with Gasteiger partial charge in [0.25, 0.3) is 5.91 Å². The van der Waals surface area contributed by atoms with Crippen LogP contribution >= 0.6 is 0 Å². The van der Waals surface area contributed by atoms with Crippen molar-refractivity contribution in [3.63, 3.8) is 0 Å². The molecule has 3 rings (SSSR count). The molecule has 2 atom stereocenters. The first kappa shape index (κ1) is 17.7. The zero-order chi connectivity index (χ0) is 17.6. The van der Waals surface area contributed by atoms with Crippen LogP contribution in [0.25, 0.3) is 0 Å². The van der Waals surface area contributed by atoms with E-state index >= 15 is 0 Å². The first-order valence-corrected chi connectivity index (χ1v) is 9.14. The van der Waals surface area contributed by atoms with E-state index in [1.54, 1.807) is 0 Å².